The molecule has 1 atom stereocenters. The lowest BCUT2D eigenvalue weighted by Gasteiger charge is -2.33. The van der Waals surface area contributed by atoms with Crippen molar-refractivity contribution in [3.63, 3.8) is 0 Å². The van der Waals surface area contributed by atoms with Gasteiger partial charge in [0.2, 0.25) is 11.8 Å². The number of nitrogens with one attached hydrogen (secondary N) is 1. The normalized spacial score (nSPS) is 11.9. The molecule has 8 nitrogen and oxygen atoms in total. The van der Waals surface area contributed by atoms with Gasteiger partial charge < -0.3 is 15.0 Å². The molecule has 3 aromatic carbocycles. The first kappa shape index (κ1) is 28.7. The summed E-state index contributed by atoms with van der Waals surface area (Å²) in [4.78, 5) is 28.4. The van der Waals surface area contributed by atoms with E-state index in [2.05, 4.69) is 5.32 Å². The van der Waals surface area contributed by atoms with Crippen LogP contribution < -0.4 is 14.4 Å². The van der Waals surface area contributed by atoms with Gasteiger partial charge in [0.25, 0.3) is 10.0 Å². The molecule has 38 heavy (non-hydrogen) atoms. The Labute approximate surface area is 225 Å². The first-order chi connectivity index (χ1) is 18.3. The van der Waals surface area contributed by atoms with Gasteiger partial charge in [0.05, 0.1) is 17.7 Å². The number of carbonyl (C=O) groups is 2. The zero-order chi connectivity index (χ0) is 27.5. The molecule has 3 rings (SSSR count). The van der Waals surface area contributed by atoms with Gasteiger partial charge in [-0.2, -0.15) is 0 Å². The zero-order valence-corrected chi connectivity index (χ0v) is 22.9. The number of amides is 2. The van der Waals surface area contributed by atoms with Gasteiger partial charge in [-0.25, -0.2) is 8.42 Å². The maximum atomic E-state index is 13.9. The predicted octanol–water partition coefficient (Wildman–Crippen LogP) is 3.88. The van der Waals surface area contributed by atoms with Crippen molar-refractivity contribution < 1.29 is 22.7 Å². The molecule has 0 radical (unpaired) electrons. The summed E-state index contributed by atoms with van der Waals surface area (Å²) in [7, 11) is -2.69. The molecule has 2 amide bonds. The van der Waals surface area contributed by atoms with Crippen molar-refractivity contribution in [3.8, 4) is 5.75 Å². The van der Waals surface area contributed by atoms with Gasteiger partial charge in [-0.3, -0.25) is 13.9 Å². The standard InChI is InChI=1S/C29H35N3O5S/c1-4-25(29(34)30-5-2)31(21-20-23-14-8-6-9-15-23)28(33)22-32(26-18-12-13-19-27(26)37-3)38(35,36)24-16-10-7-11-17-24/h6-19,25H,4-5,20-22H2,1-3H3,(H,30,34)/t25-/m0/s1. The van der Waals surface area contributed by atoms with Gasteiger partial charge >= 0.3 is 0 Å². The van der Waals surface area contributed by atoms with Crippen LogP contribution in [0.1, 0.15) is 25.8 Å². The molecule has 0 unspecified atom stereocenters. The quantitative estimate of drug-likeness (QED) is 0.357. The summed E-state index contributed by atoms with van der Waals surface area (Å²) in [6.45, 7) is 3.83. The molecule has 3 aromatic rings. The maximum Gasteiger partial charge on any atom is 0.264 e. The number of carbonyl (C=O) groups excluding carboxylic acids is 2. The smallest absolute Gasteiger partial charge is 0.264 e. The van der Waals surface area contributed by atoms with Gasteiger partial charge in [0.1, 0.15) is 18.3 Å². The molecule has 202 valence electrons. The minimum Gasteiger partial charge on any atom is -0.495 e. The molecular weight excluding hydrogens is 502 g/mol. The van der Waals surface area contributed by atoms with Crippen LogP contribution in [-0.4, -0.2) is 57.9 Å². The van der Waals surface area contributed by atoms with Crippen LogP contribution in [-0.2, 0) is 26.0 Å². The highest BCUT2D eigenvalue weighted by atomic mass is 32.2. The number of ether oxygens (including phenoxy) is 1. The maximum absolute atomic E-state index is 13.9. The Morgan fingerprint density at radius 2 is 1.50 bits per heavy atom. The van der Waals surface area contributed by atoms with E-state index in [1.165, 1.54) is 24.1 Å². The average molecular weight is 538 g/mol. The first-order valence-corrected chi connectivity index (χ1v) is 14.1. The second-order valence-electron chi connectivity index (χ2n) is 8.64. The van der Waals surface area contributed by atoms with Crippen molar-refractivity contribution in [1.29, 1.82) is 0 Å². The summed E-state index contributed by atoms with van der Waals surface area (Å²) in [5.41, 5.74) is 1.25. The highest BCUT2D eigenvalue weighted by Crippen LogP contribution is 2.32. The minimum absolute atomic E-state index is 0.0466. The number of likely N-dealkylation sites (N-methyl/N-ethyl adjacent to an activating group) is 1. The molecule has 0 aliphatic rings. The number of rotatable bonds is 13. The fourth-order valence-electron chi connectivity index (χ4n) is 4.26. The van der Waals surface area contributed by atoms with Gasteiger partial charge in [-0.05, 0) is 49.6 Å². The van der Waals surface area contributed by atoms with Gasteiger partial charge in [0.15, 0.2) is 0 Å². The van der Waals surface area contributed by atoms with Crippen LogP contribution in [0.5, 0.6) is 5.75 Å². The second kappa shape index (κ2) is 13.6. The van der Waals surface area contributed by atoms with Crippen LogP contribution in [0.25, 0.3) is 0 Å². The third kappa shape index (κ3) is 6.92. The van der Waals surface area contributed by atoms with Gasteiger partial charge in [-0.15, -0.1) is 0 Å². The third-order valence-corrected chi connectivity index (χ3v) is 7.96. The lowest BCUT2D eigenvalue weighted by molar-refractivity contribution is -0.139. The monoisotopic (exact) mass is 537 g/mol. The van der Waals surface area contributed by atoms with E-state index in [4.69, 9.17) is 4.74 Å². The van der Waals surface area contributed by atoms with E-state index in [9.17, 15) is 18.0 Å². The number of benzene rings is 3. The van der Waals surface area contributed by atoms with Crippen molar-refractivity contribution in [2.24, 2.45) is 0 Å². The molecule has 0 fully saturated rings. The van der Waals surface area contributed by atoms with E-state index < -0.39 is 28.5 Å². The summed E-state index contributed by atoms with van der Waals surface area (Å²) in [5, 5.41) is 2.80. The molecule has 0 heterocycles. The van der Waals surface area contributed by atoms with Crippen LogP contribution in [0.2, 0.25) is 0 Å². The third-order valence-electron chi connectivity index (χ3n) is 6.19. The van der Waals surface area contributed by atoms with Crippen molar-refractivity contribution in [1.82, 2.24) is 10.2 Å². The molecule has 0 spiro atoms. The molecular formula is C29H35N3O5S. The molecule has 1 N–H and O–H groups in total. The van der Waals surface area contributed by atoms with Crippen LogP contribution in [0, 0.1) is 0 Å². The SMILES string of the molecule is CCNC(=O)[C@H](CC)N(CCc1ccccc1)C(=O)CN(c1ccccc1OC)S(=O)(=O)c1ccccc1. The number of hydrogen-bond donors (Lipinski definition) is 1. The number of nitrogens with zero attached hydrogens (tertiary/aromatic N) is 2. The fraction of sp³-hybridized carbons (Fsp3) is 0.310. The van der Waals surface area contributed by atoms with Crippen molar-refractivity contribution in [3.05, 3.63) is 90.5 Å². The first-order valence-electron chi connectivity index (χ1n) is 12.6. The molecule has 9 heteroatoms. The number of sulfonamides is 1. The Hall–Kier alpha value is -3.85. The molecule has 0 saturated heterocycles. The molecule has 0 saturated carbocycles. The number of hydrogen-bond acceptors (Lipinski definition) is 5. The Kier molecular flexibility index (Phi) is 10.3. The van der Waals surface area contributed by atoms with E-state index in [0.717, 1.165) is 9.87 Å². The molecule has 0 aromatic heterocycles. The van der Waals surface area contributed by atoms with Gasteiger partial charge in [0, 0.05) is 13.1 Å². The molecule has 0 aliphatic carbocycles. The zero-order valence-electron chi connectivity index (χ0n) is 22.0. The summed E-state index contributed by atoms with van der Waals surface area (Å²) >= 11 is 0. The van der Waals surface area contributed by atoms with Gasteiger partial charge in [-0.1, -0.05) is 67.6 Å². The predicted molar refractivity (Wildman–Crippen MR) is 149 cm³/mol. The summed E-state index contributed by atoms with van der Waals surface area (Å²) in [6.07, 6.45) is 0.898. The Morgan fingerprint density at radius 3 is 2.11 bits per heavy atom. The fourth-order valence-corrected chi connectivity index (χ4v) is 5.70. The highest BCUT2D eigenvalue weighted by molar-refractivity contribution is 7.92. The lowest BCUT2D eigenvalue weighted by Crippen LogP contribution is -2.53. The van der Waals surface area contributed by atoms with Crippen molar-refractivity contribution >= 4 is 27.5 Å². The summed E-state index contributed by atoms with van der Waals surface area (Å²) in [5.74, 6) is -0.443. The lowest BCUT2D eigenvalue weighted by atomic mass is 10.1. The minimum atomic E-state index is -4.14. The molecule has 0 aliphatic heterocycles. The number of anilines is 1. The van der Waals surface area contributed by atoms with E-state index in [1.54, 1.807) is 42.5 Å². The van der Waals surface area contributed by atoms with Crippen LogP contribution in [0.3, 0.4) is 0 Å². The molecule has 0 bridgehead atoms. The van der Waals surface area contributed by atoms with Crippen molar-refractivity contribution in [2.45, 2.75) is 37.6 Å². The van der Waals surface area contributed by atoms with Crippen LogP contribution in [0.15, 0.2) is 89.8 Å². The van der Waals surface area contributed by atoms with Crippen LogP contribution >= 0.6 is 0 Å². The van der Waals surface area contributed by atoms with E-state index in [1.807, 2.05) is 44.2 Å². The number of para-hydroxylation sites is 2. The summed E-state index contributed by atoms with van der Waals surface area (Å²) in [6, 6.07) is 23.5. The largest absolute Gasteiger partial charge is 0.495 e. The second-order valence-corrected chi connectivity index (χ2v) is 10.5. The summed E-state index contributed by atoms with van der Waals surface area (Å²) < 4.78 is 34.2. The van der Waals surface area contributed by atoms with Crippen LogP contribution in [0.4, 0.5) is 5.69 Å². The Balaban J connectivity index is 2.03. The highest BCUT2D eigenvalue weighted by Gasteiger charge is 2.34. The number of methoxy groups -OCH3 is 1. The topological polar surface area (TPSA) is 96.0 Å². The van der Waals surface area contributed by atoms with E-state index in [0.29, 0.717) is 25.1 Å². The van der Waals surface area contributed by atoms with Crippen molar-refractivity contribution in [2.75, 3.05) is 31.0 Å². The Bertz CT molecular complexity index is 1300. The van der Waals surface area contributed by atoms with E-state index in [-0.39, 0.29) is 23.0 Å². The Morgan fingerprint density at radius 1 is 0.895 bits per heavy atom. The van der Waals surface area contributed by atoms with E-state index >= 15 is 0 Å². The average Bonchev–Trinajstić information content (AvgIpc) is 2.94.